The molecule has 0 aliphatic heterocycles. The van der Waals surface area contributed by atoms with E-state index in [-0.39, 0.29) is 11.7 Å². The number of fused-ring (bicyclic) bond motifs is 1. The van der Waals surface area contributed by atoms with Crippen LogP contribution < -0.4 is 19.8 Å². The molecule has 0 N–H and O–H groups in total. The molecule has 0 fully saturated rings. The normalized spacial score (nSPS) is 11.2. The molecule has 5 nitrogen and oxygen atoms in total. The second-order valence-corrected chi connectivity index (χ2v) is 6.72. The summed E-state index contributed by atoms with van der Waals surface area (Å²) in [5, 5.41) is 0.883. The molecule has 5 heteroatoms. The van der Waals surface area contributed by atoms with E-state index in [1.54, 1.807) is 11.7 Å². The topological polar surface area (TPSA) is 49.7 Å². The van der Waals surface area contributed by atoms with E-state index in [0.29, 0.717) is 24.7 Å². The molecule has 26 heavy (non-hydrogen) atoms. The van der Waals surface area contributed by atoms with Gasteiger partial charge in [0.05, 0.1) is 25.3 Å². The van der Waals surface area contributed by atoms with Crippen molar-refractivity contribution in [2.75, 3.05) is 13.7 Å². The zero-order chi connectivity index (χ0) is 19.1. The number of hydrogen-bond donors (Lipinski definition) is 0. The van der Waals surface area contributed by atoms with Gasteiger partial charge in [0.2, 0.25) is 5.75 Å². The van der Waals surface area contributed by atoms with E-state index in [1.807, 2.05) is 32.0 Å². The fourth-order valence-corrected chi connectivity index (χ4v) is 2.84. The first-order valence-electron chi connectivity index (χ1n) is 9.57. The lowest BCUT2D eigenvalue weighted by atomic mass is 10.1. The van der Waals surface area contributed by atoms with Gasteiger partial charge in [0.25, 0.3) is 5.56 Å². The second kappa shape index (κ2) is 9.51. The maximum Gasteiger partial charge on any atom is 0.297 e. The van der Waals surface area contributed by atoms with Crippen molar-refractivity contribution in [3.63, 3.8) is 0 Å². The van der Waals surface area contributed by atoms with E-state index in [0.717, 1.165) is 42.3 Å². The molecular weight excluding hydrogens is 330 g/mol. The van der Waals surface area contributed by atoms with Gasteiger partial charge < -0.3 is 18.8 Å². The first kappa shape index (κ1) is 20.1. The van der Waals surface area contributed by atoms with Crippen LogP contribution in [-0.2, 0) is 6.54 Å². The van der Waals surface area contributed by atoms with Gasteiger partial charge >= 0.3 is 0 Å². The van der Waals surface area contributed by atoms with Gasteiger partial charge in [0, 0.05) is 18.0 Å². The Morgan fingerprint density at radius 1 is 1.08 bits per heavy atom. The maximum atomic E-state index is 13.2. The van der Waals surface area contributed by atoms with Crippen molar-refractivity contribution in [1.29, 1.82) is 0 Å². The SMILES string of the molecule is CCCCOc1c(OC(C)C)c(=O)n(CCCC)c2cc(OC)ccc12. The molecule has 0 aliphatic carbocycles. The van der Waals surface area contributed by atoms with Crippen molar-refractivity contribution in [1.82, 2.24) is 4.57 Å². The van der Waals surface area contributed by atoms with Crippen molar-refractivity contribution in [3.05, 3.63) is 28.6 Å². The highest BCUT2D eigenvalue weighted by Gasteiger charge is 2.21. The Labute approximate surface area is 155 Å². The van der Waals surface area contributed by atoms with E-state index >= 15 is 0 Å². The van der Waals surface area contributed by atoms with E-state index in [4.69, 9.17) is 14.2 Å². The predicted octanol–water partition coefficient (Wildman–Crippen LogP) is 4.78. The number of unbranched alkanes of at least 4 members (excludes halogenated alkanes) is 2. The largest absolute Gasteiger partial charge is 0.497 e. The Balaban J connectivity index is 2.72. The lowest BCUT2D eigenvalue weighted by molar-refractivity contribution is 0.216. The molecular formula is C21H31NO4. The van der Waals surface area contributed by atoms with Gasteiger partial charge in [-0.2, -0.15) is 0 Å². The average molecular weight is 361 g/mol. The molecule has 0 radical (unpaired) electrons. The molecule has 0 unspecified atom stereocenters. The standard InChI is InChI=1S/C21H31NO4/c1-6-8-12-22-18-14-16(24-5)10-11-17(18)19(25-13-9-7-2)20(21(22)23)26-15(3)4/h10-11,14-15H,6-9,12-13H2,1-5H3. The molecule has 2 rings (SSSR count). The van der Waals surface area contributed by atoms with Crippen molar-refractivity contribution in [2.24, 2.45) is 0 Å². The highest BCUT2D eigenvalue weighted by atomic mass is 16.5. The summed E-state index contributed by atoms with van der Waals surface area (Å²) in [5.41, 5.74) is 0.685. The number of methoxy groups -OCH3 is 1. The van der Waals surface area contributed by atoms with Gasteiger partial charge in [0.1, 0.15) is 5.75 Å². The number of aromatic nitrogens is 1. The molecule has 2 aromatic rings. The Morgan fingerprint density at radius 2 is 1.81 bits per heavy atom. The van der Waals surface area contributed by atoms with Crippen LogP contribution in [0.15, 0.2) is 23.0 Å². The van der Waals surface area contributed by atoms with Gasteiger partial charge in [0.15, 0.2) is 5.75 Å². The average Bonchev–Trinajstić information content (AvgIpc) is 2.63. The minimum Gasteiger partial charge on any atom is -0.497 e. The minimum atomic E-state index is -0.139. The summed E-state index contributed by atoms with van der Waals surface area (Å²) in [4.78, 5) is 13.2. The van der Waals surface area contributed by atoms with E-state index in [1.165, 1.54) is 0 Å². The first-order chi connectivity index (χ1) is 12.5. The number of ether oxygens (including phenoxy) is 3. The number of aryl methyl sites for hydroxylation is 1. The van der Waals surface area contributed by atoms with Gasteiger partial charge in [-0.25, -0.2) is 0 Å². The van der Waals surface area contributed by atoms with Crippen molar-refractivity contribution < 1.29 is 14.2 Å². The van der Waals surface area contributed by atoms with Crippen LogP contribution in [-0.4, -0.2) is 24.4 Å². The molecule has 0 bridgehead atoms. The Kier molecular flexibility index (Phi) is 7.37. The summed E-state index contributed by atoms with van der Waals surface area (Å²) in [6.07, 6.45) is 3.78. The minimum absolute atomic E-state index is 0.105. The Bertz CT molecular complexity index is 780. The molecule has 144 valence electrons. The summed E-state index contributed by atoms with van der Waals surface area (Å²) < 4.78 is 19.1. The summed E-state index contributed by atoms with van der Waals surface area (Å²) in [6.45, 7) is 9.27. The fraction of sp³-hybridized carbons (Fsp3) is 0.571. The van der Waals surface area contributed by atoms with Crippen LogP contribution in [0, 0.1) is 0 Å². The van der Waals surface area contributed by atoms with Crippen LogP contribution in [0.25, 0.3) is 10.9 Å². The molecule has 1 aromatic heterocycles. The predicted molar refractivity (Wildman–Crippen MR) is 106 cm³/mol. The van der Waals surface area contributed by atoms with Gasteiger partial charge in [-0.3, -0.25) is 4.79 Å². The number of rotatable bonds is 10. The van der Waals surface area contributed by atoms with Crippen molar-refractivity contribution in [2.45, 2.75) is 66.0 Å². The second-order valence-electron chi connectivity index (χ2n) is 6.72. The van der Waals surface area contributed by atoms with Crippen molar-refractivity contribution >= 4 is 10.9 Å². The highest BCUT2D eigenvalue weighted by Crippen LogP contribution is 2.35. The maximum absolute atomic E-state index is 13.2. The third kappa shape index (κ3) is 4.51. The summed E-state index contributed by atoms with van der Waals surface area (Å²) >= 11 is 0. The molecule has 0 atom stereocenters. The number of pyridine rings is 1. The fourth-order valence-electron chi connectivity index (χ4n) is 2.84. The first-order valence-corrected chi connectivity index (χ1v) is 9.57. The number of nitrogens with zero attached hydrogens (tertiary/aromatic N) is 1. The highest BCUT2D eigenvalue weighted by molar-refractivity contribution is 5.89. The Morgan fingerprint density at radius 3 is 2.42 bits per heavy atom. The van der Waals surface area contributed by atoms with Gasteiger partial charge in [-0.15, -0.1) is 0 Å². The number of hydrogen-bond acceptors (Lipinski definition) is 4. The van der Waals surface area contributed by atoms with Crippen LogP contribution in [0.4, 0.5) is 0 Å². The zero-order valence-corrected chi connectivity index (χ0v) is 16.6. The Hall–Kier alpha value is -2.17. The molecule has 0 amide bonds. The summed E-state index contributed by atoms with van der Waals surface area (Å²) in [7, 11) is 1.63. The monoisotopic (exact) mass is 361 g/mol. The molecule has 1 heterocycles. The third-order valence-electron chi connectivity index (χ3n) is 4.22. The lowest BCUT2D eigenvalue weighted by Crippen LogP contribution is -2.25. The molecule has 1 aromatic carbocycles. The number of benzene rings is 1. The van der Waals surface area contributed by atoms with Gasteiger partial charge in [-0.1, -0.05) is 26.7 Å². The molecule has 0 saturated carbocycles. The zero-order valence-electron chi connectivity index (χ0n) is 16.6. The van der Waals surface area contributed by atoms with Crippen LogP contribution in [0.2, 0.25) is 0 Å². The van der Waals surface area contributed by atoms with Gasteiger partial charge in [-0.05, 0) is 38.8 Å². The van der Waals surface area contributed by atoms with Crippen LogP contribution in [0.1, 0.15) is 53.4 Å². The van der Waals surface area contributed by atoms with Crippen molar-refractivity contribution in [3.8, 4) is 17.2 Å². The molecule has 0 saturated heterocycles. The third-order valence-corrected chi connectivity index (χ3v) is 4.22. The lowest BCUT2D eigenvalue weighted by Gasteiger charge is -2.20. The van der Waals surface area contributed by atoms with E-state index < -0.39 is 0 Å². The van der Waals surface area contributed by atoms with Crippen LogP contribution >= 0.6 is 0 Å². The molecule has 0 spiro atoms. The summed E-state index contributed by atoms with van der Waals surface area (Å²) in [6, 6.07) is 5.74. The molecule has 0 aliphatic rings. The van der Waals surface area contributed by atoms with E-state index in [2.05, 4.69) is 13.8 Å². The quantitative estimate of drug-likeness (QED) is 0.572. The smallest absolute Gasteiger partial charge is 0.297 e. The van der Waals surface area contributed by atoms with Crippen LogP contribution in [0.3, 0.4) is 0 Å². The van der Waals surface area contributed by atoms with Crippen LogP contribution in [0.5, 0.6) is 17.2 Å². The van der Waals surface area contributed by atoms with E-state index in [9.17, 15) is 4.79 Å². The summed E-state index contributed by atoms with van der Waals surface area (Å²) in [5.74, 6) is 1.58.